The molecule has 0 aromatic heterocycles. The molecule has 2 aromatic carbocycles. The van der Waals surface area contributed by atoms with Crippen LogP contribution in [0.2, 0.25) is 0 Å². The fourth-order valence-electron chi connectivity index (χ4n) is 4.18. The minimum absolute atomic E-state index is 0.108. The van der Waals surface area contributed by atoms with Crippen LogP contribution in [0.5, 0.6) is 0 Å². The minimum Gasteiger partial charge on any atom is -0.393 e. The Hall–Kier alpha value is -1.84. The molecule has 1 aliphatic heterocycles. The molecule has 1 atom stereocenters. The quantitative estimate of drug-likeness (QED) is 0.884. The highest BCUT2D eigenvalue weighted by atomic mass is 16.3. The summed E-state index contributed by atoms with van der Waals surface area (Å²) in [5.74, 6) is 0. The molecule has 25 heavy (non-hydrogen) atoms. The van der Waals surface area contributed by atoms with Crippen molar-refractivity contribution in [1.82, 2.24) is 4.90 Å². The second-order valence-electron chi connectivity index (χ2n) is 7.60. The van der Waals surface area contributed by atoms with Crippen LogP contribution in [-0.2, 0) is 13.0 Å². The van der Waals surface area contributed by atoms with Gasteiger partial charge in [-0.15, -0.1) is 0 Å². The van der Waals surface area contributed by atoms with Crippen molar-refractivity contribution in [3.05, 3.63) is 64.7 Å². The zero-order valence-electron chi connectivity index (χ0n) is 15.0. The molecule has 2 aliphatic rings. The van der Waals surface area contributed by atoms with Crippen LogP contribution in [-0.4, -0.2) is 29.2 Å². The third-order valence-electron chi connectivity index (χ3n) is 5.68. The zero-order chi connectivity index (χ0) is 17.2. The van der Waals surface area contributed by atoms with E-state index in [1.807, 2.05) is 0 Å². The van der Waals surface area contributed by atoms with Gasteiger partial charge in [-0.05, 0) is 55.4 Å². The van der Waals surface area contributed by atoms with Gasteiger partial charge in [0, 0.05) is 25.3 Å². The van der Waals surface area contributed by atoms with Crippen LogP contribution in [0.1, 0.15) is 47.6 Å². The molecule has 0 radical (unpaired) electrons. The molecular weight excluding hydrogens is 308 g/mol. The van der Waals surface area contributed by atoms with Gasteiger partial charge in [0.05, 0.1) is 12.1 Å². The maximum Gasteiger partial charge on any atom is 0.0564 e. The lowest BCUT2D eigenvalue weighted by atomic mass is 10.0. The Kier molecular flexibility index (Phi) is 4.78. The topological polar surface area (TPSA) is 35.5 Å². The van der Waals surface area contributed by atoms with Crippen LogP contribution in [0.25, 0.3) is 0 Å². The molecule has 3 heteroatoms. The predicted molar refractivity (Wildman–Crippen MR) is 103 cm³/mol. The molecule has 132 valence electrons. The number of aliphatic hydroxyl groups is 1. The number of piperidine rings is 1. The summed E-state index contributed by atoms with van der Waals surface area (Å²) < 4.78 is 0. The zero-order valence-corrected chi connectivity index (χ0v) is 15.0. The van der Waals surface area contributed by atoms with Crippen molar-refractivity contribution in [1.29, 1.82) is 0 Å². The summed E-state index contributed by atoms with van der Waals surface area (Å²) >= 11 is 0. The van der Waals surface area contributed by atoms with Crippen molar-refractivity contribution in [2.45, 2.75) is 51.3 Å². The first-order chi connectivity index (χ1) is 12.2. The molecule has 0 bridgehead atoms. The van der Waals surface area contributed by atoms with E-state index in [2.05, 4.69) is 59.6 Å². The fraction of sp³-hybridized carbons (Fsp3) is 0.455. The fourth-order valence-corrected chi connectivity index (χ4v) is 4.18. The second-order valence-corrected chi connectivity index (χ2v) is 7.60. The third-order valence-corrected chi connectivity index (χ3v) is 5.68. The minimum atomic E-state index is -0.108. The summed E-state index contributed by atoms with van der Waals surface area (Å²) in [5.41, 5.74) is 6.92. The maximum absolute atomic E-state index is 9.71. The number of benzene rings is 2. The first-order valence-electron chi connectivity index (χ1n) is 9.53. The number of nitrogens with one attached hydrogen (secondary N) is 1. The lowest BCUT2D eigenvalue weighted by Crippen LogP contribution is -2.35. The van der Waals surface area contributed by atoms with Gasteiger partial charge in [-0.2, -0.15) is 0 Å². The van der Waals surface area contributed by atoms with Crippen molar-refractivity contribution in [3.8, 4) is 0 Å². The highest BCUT2D eigenvalue weighted by Crippen LogP contribution is 2.35. The van der Waals surface area contributed by atoms with Gasteiger partial charge in [-0.25, -0.2) is 0 Å². The molecule has 0 spiro atoms. The maximum atomic E-state index is 9.71. The Morgan fingerprint density at radius 3 is 2.72 bits per heavy atom. The standard InChI is InChI=1S/C22H28N2O/c1-16-6-7-17-8-9-22(20(17)14-16)23-21-5-3-2-4-18(21)15-24-12-10-19(25)11-13-24/h2-7,14,19,22-23,25H,8-13,15H2,1H3. The van der Waals surface area contributed by atoms with Gasteiger partial charge in [0.1, 0.15) is 0 Å². The van der Waals surface area contributed by atoms with Crippen LogP contribution in [0.15, 0.2) is 42.5 Å². The van der Waals surface area contributed by atoms with Crippen molar-refractivity contribution in [2.24, 2.45) is 0 Å². The van der Waals surface area contributed by atoms with E-state index >= 15 is 0 Å². The van der Waals surface area contributed by atoms with Crippen LogP contribution >= 0.6 is 0 Å². The molecule has 2 aromatic rings. The Bertz CT molecular complexity index is 735. The molecule has 2 N–H and O–H groups in total. The lowest BCUT2D eigenvalue weighted by molar-refractivity contribution is 0.0793. The number of fused-ring (bicyclic) bond motifs is 1. The van der Waals surface area contributed by atoms with E-state index < -0.39 is 0 Å². The average molecular weight is 336 g/mol. The summed E-state index contributed by atoms with van der Waals surface area (Å²) in [6, 6.07) is 16.0. The number of hydrogen-bond donors (Lipinski definition) is 2. The van der Waals surface area contributed by atoms with E-state index in [4.69, 9.17) is 0 Å². The summed E-state index contributed by atoms with van der Waals surface area (Å²) in [5, 5.41) is 13.5. The molecule has 0 amide bonds. The number of anilines is 1. The Morgan fingerprint density at radius 1 is 1.08 bits per heavy atom. The van der Waals surface area contributed by atoms with Gasteiger partial charge >= 0.3 is 0 Å². The summed E-state index contributed by atoms with van der Waals surface area (Å²) in [7, 11) is 0. The first-order valence-corrected chi connectivity index (χ1v) is 9.53. The number of aliphatic hydroxyl groups excluding tert-OH is 1. The lowest BCUT2D eigenvalue weighted by Gasteiger charge is -2.30. The monoisotopic (exact) mass is 336 g/mol. The largest absolute Gasteiger partial charge is 0.393 e. The molecule has 1 heterocycles. The van der Waals surface area contributed by atoms with E-state index in [1.165, 1.54) is 40.8 Å². The van der Waals surface area contributed by atoms with Crippen molar-refractivity contribution < 1.29 is 5.11 Å². The molecular formula is C22H28N2O. The van der Waals surface area contributed by atoms with Gasteiger partial charge in [0.15, 0.2) is 0 Å². The average Bonchev–Trinajstić information content (AvgIpc) is 3.01. The smallest absolute Gasteiger partial charge is 0.0564 e. The highest BCUT2D eigenvalue weighted by molar-refractivity contribution is 5.54. The van der Waals surface area contributed by atoms with Gasteiger partial charge in [-0.3, -0.25) is 4.90 Å². The van der Waals surface area contributed by atoms with Gasteiger partial charge in [0.2, 0.25) is 0 Å². The Labute approximate surface area is 150 Å². The number of rotatable bonds is 4. The Morgan fingerprint density at radius 2 is 1.88 bits per heavy atom. The van der Waals surface area contributed by atoms with E-state index in [0.29, 0.717) is 6.04 Å². The second kappa shape index (κ2) is 7.19. The van der Waals surface area contributed by atoms with E-state index in [0.717, 1.165) is 32.5 Å². The third kappa shape index (κ3) is 3.73. The molecule has 3 nitrogen and oxygen atoms in total. The predicted octanol–water partition coefficient (Wildman–Crippen LogP) is 4.05. The van der Waals surface area contributed by atoms with Gasteiger partial charge in [-0.1, -0.05) is 42.0 Å². The van der Waals surface area contributed by atoms with E-state index in [-0.39, 0.29) is 6.10 Å². The summed E-state index contributed by atoms with van der Waals surface area (Å²) in [6.45, 7) is 5.11. The molecule has 1 unspecified atom stereocenters. The van der Waals surface area contributed by atoms with E-state index in [1.54, 1.807) is 0 Å². The SMILES string of the molecule is Cc1ccc2c(c1)C(Nc1ccccc1CN1CCC(O)CC1)CC2. The van der Waals surface area contributed by atoms with Crippen LogP contribution in [0.3, 0.4) is 0 Å². The molecule has 4 rings (SSSR count). The number of nitrogens with zero attached hydrogens (tertiary/aromatic N) is 1. The van der Waals surface area contributed by atoms with E-state index in [9.17, 15) is 5.11 Å². The highest BCUT2D eigenvalue weighted by Gasteiger charge is 2.23. The van der Waals surface area contributed by atoms with Crippen LogP contribution in [0, 0.1) is 6.92 Å². The molecule has 1 fully saturated rings. The Balaban J connectivity index is 1.50. The molecule has 1 aliphatic carbocycles. The number of aryl methyl sites for hydroxylation is 2. The molecule has 1 saturated heterocycles. The number of hydrogen-bond acceptors (Lipinski definition) is 3. The number of likely N-dealkylation sites (tertiary alicyclic amines) is 1. The van der Waals surface area contributed by atoms with Crippen molar-refractivity contribution in [3.63, 3.8) is 0 Å². The number of para-hydroxylation sites is 1. The van der Waals surface area contributed by atoms with Crippen LogP contribution < -0.4 is 5.32 Å². The normalized spacial score (nSPS) is 21.3. The molecule has 0 saturated carbocycles. The van der Waals surface area contributed by atoms with Crippen molar-refractivity contribution >= 4 is 5.69 Å². The van der Waals surface area contributed by atoms with Crippen LogP contribution in [0.4, 0.5) is 5.69 Å². The van der Waals surface area contributed by atoms with Gasteiger partial charge < -0.3 is 10.4 Å². The van der Waals surface area contributed by atoms with Crippen molar-refractivity contribution in [2.75, 3.05) is 18.4 Å². The summed E-state index contributed by atoms with van der Waals surface area (Å²) in [6.07, 6.45) is 4.01. The summed E-state index contributed by atoms with van der Waals surface area (Å²) in [4.78, 5) is 2.46. The first kappa shape index (κ1) is 16.6. The van der Waals surface area contributed by atoms with Gasteiger partial charge in [0.25, 0.3) is 0 Å².